The van der Waals surface area contributed by atoms with E-state index in [-0.39, 0.29) is 10.9 Å². The number of fused-ring (bicyclic) bond motifs is 3. The molecule has 2 aromatic carbocycles. The van der Waals surface area contributed by atoms with E-state index in [0.717, 1.165) is 16.3 Å². The molecule has 30 heavy (non-hydrogen) atoms. The summed E-state index contributed by atoms with van der Waals surface area (Å²) >= 11 is 0. The molecule has 9 heteroatoms. The lowest BCUT2D eigenvalue weighted by molar-refractivity contribution is -0.140. The first-order chi connectivity index (χ1) is 14.0. The summed E-state index contributed by atoms with van der Waals surface area (Å²) in [7, 11) is -4.04. The molecular weight excluding hydrogens is 406 g/mol. The summed E-state index contributed by atoms with van der Waals surface area (Å²) in [5.41, 5.74) is 7.77. The zero-order valence-electron chi connectivity index (χ0n) is 17.2. The molecule has 160 valence electrons. The van der Waals surface area contributed by atoms with Crippen molar-refractivity contribution in [3.05, 3.63) is 42.0 Å². The van der Waals surface area contributed by atoms with E-state index in [4.69, 9.17) is 10.2 Å². The highest BCUT2D eigenvalue weighted by atomic mass is 32.2. The van der Waals surface area contributed by atoms with Crippen LogP contribution >= 0.6 is 0 Å². The topological polar surface area (TPSA) is 135 Å². The standard InChI is InChI=1S/C21H25N3O5S/c1-11(2)19(21(25)26)24-30(27,28)14-6-7-15-16-9-13(20(22)23-12(3)4)5-8-17(16)29-18(15)10-14/h5-12,19,24H,1-4H3,(H2,22,23)(H,25,26)/t19-/m0/s1. The smallest absolute Gasteiger partial charge is 0.322 e. The number of nitrogens with two attached hydrogens (primary N) is 1. The van der Waals surface area contributed by atoms with E-state index in [9.17, 15) is 18.3 Å². The minimum Gasteiger partial charge on any atom is -0.480 e. The van der Waals surface area contributed by atoms with E-state index in [1.54, 1.807) is 32.0 Å². The van der Waals surface area contributed by atoms with Gasteiger partial charge in [-0.3, -0.25) is 9.79 Å². The van der Waals surface area contributed by atoms with Crippen molar-refractivity contribution in [1.29, 1.82) is 0 Å². The van der Waals surface area contributed by atoms with Crippen molar-refractivity contribution >= 4 is 43.8 Å². The fourth-order valence-electron chi connectivity index (χ4n) is 3.14. The molecule has 0 aliphatic rings. The van der Waals surface area contributed by atoms with Crippen molar-refractivity contribution in [3.8, 4) is 0 Å². The molecule has 0 bridgehead atoms. The number of aliphatic imine (C=N–C) groups is 1. The number of hydrogen-bond donors (Lipinski definition) is 3. The Balaban J connectivity index is 2.04. The molecule has 3 rings (SSSR count). The van der Waals surface area contributed by atoms with Gasteiger partial charge in [-0.1, -0.05) is 13.8 Å². The highest BCUT2D eigenvalue weighted by molar-refractivity contribution is 7.89. The third-order valence-corrected chi connectivity index (χ3v) is 6.10. The lowest BCUT2D eigenvalue weighted by Crippen LogP contribution is -2.44. The van der Waals surface area contributed by atoms with Crippen LogP contribution in [0.25, 0.3) is 21.9 Å². The Labute approximate surface area is 174 Å². The van der Waals surface area contributed by atoms with Gasteiger partial charge >= 0.3 is 5.97 Å². The normalized spacial score (nSPS) is 14.1. The number of hydrogen-bond acceptors (Lipinski definition) is 5. The number of nitrogens with zero attached hydrogens (tertiary/aromatic N) is 1. The number of carbonyl (C=O) groups is 1. The van der Waals surface area contributed by atoms with Crippen molar-refractivity contribution in [2.24, 2.45) is 16.6 Å². The monoisotopic (exact) mass is 431 g/mol. The Bertz CT molecular complexity index is 1240. The third kappa shape index (κ3) is 4.31. The van der Waals surface area contributed by atoms with Crippen LogP contribution in [0.2, 0.25) is 0 Å². The fraction of sp³-hybridized carbons (Fsp3) is 0.333. The van der Waals surface area contributed by atoms with Gasteiger partial charge < -0.3 is 15.3 Å². The van der Waals surface area contributed by atoms with Gasteiger partial charge in [0.25, 0.3) is 0 Å². The maximum Gasteiger partial charge on any atom is 0.322 e. The number of sulfonamides is 1. The molecule has 0 radical (unpaired) electrons. The largest absolute Gasteiger partial charge is 0.480 e. The molecule has 4 N–H and O–H groups in total. The van der Waals surface area contributed by atoms with E-state index in [1.807, 2.05) is 19.9 Å². The Hall–Kier alpha value is -2.91. The predicted molar refractivity (Wildman–Crippen MR) is 116 cm³/mol. The van der Waals surface area contributed by atoms with E-state index >= 15 is 0 Å². The van der Waals surface area contributed by atoms with Gasteiger partial charge in [-0.2, -0.15) is 4.72 Å². The Morgan fingerprint density at radius 2 is 1.77 bits per heavy atom. The van der Waals surface area contributed by atoms with Gasteiger partial charge in [-0.15, -0.1) is 0 Å². The van der Waals surface area contributed by atoms with Gasteiger partial charge in [0.05, 0.1) is 4.90 Å². The summed E-state index contributed by atoms with van der Waals surface area (Å²) in [6.07, 6.45) is 0. The van der Waals surface area contributed by atoms with E-state index in [1.165, 1.54) is 12.1 Å². The zero-order chi connectivity index (χ0) is 22.2. The van der Waals surface area contributed by atoms with Gasteiger partial charge in [0.2, 0.25) is 10.0 Å². The van der Waals surface area contributed by atoms with Crippen molar-refractivity contribution in [3.63, 3.8) is 0 Å². The van der Waals surface area contributed by atoms with Crippen LogP contribution in [0.4, 0.5) is 0 Å². The van der Waals surface area contributed by atoms with E-state index in [2.05, 4.69) is 9.71 Å². The van der Waals surface area contributed by atoms with Crippen molar-refractivity contribution in [1.82, 2.24) is 4.72 Å². The van der Waals surface area contributed by atoms with Gasteiger partial charge in [-0.05, 0) is 50.1 Å². The maximum absolute atomic E-state index is 12.7. The molecule has 8 nitrogen and oxygen atoms in total. The van der Waals surface area contributed by atoms with Crippen molar-refractivity contribution in [2.75, 3.05) is 0 Å². The summed E-state index contributed by atoms with van der Waals surface area (Å²) in [6, 6.07) is 8.70. The Morgan fingerprint density at radius 3 is 2.37 bits per heavy atom. The second-order valence-corrected chi connectivity index (χ2v) is 9.47. The molecule has 1 aromatic heterocycles. The molecule has 0 spiro atoms. The molecule has 1 atom stereocenters. The molecule has 0 fully saturated rings. The van der Waals surface area contributed by atoms with Crippen LogP contribution in [0, 0.1) is 5.92 Å². The average Bonchev–Trinajstić information content (AvgIpc) is 3.02. The minimum absolute atomic E-state index is 0.0579. The molecule has 0 aliphatic heterocycles. The number of benzene rings is 2. The molecule has 0 saturated heterocycles. The first-order valence-corrected chi connectivity index (χ1v) is 11.0. The summed E-state index contributed by atoms with van der Waals surface area (Å²) in [4.78, 5) is 15.7. The maximum atomic E-state index is 12.7. The van der Waals surface area contributed by atoms with Gasteiger partial charge in [0.1, 0.15) is 23.0 Å². The molecule has 0 unspecified atom stereocenters. The van der Waals surface area contributed by atoms with Crippen LogP contribution in [0.3, 0.4) is 0 Å². The van der Waals surface area contributed by atoms with Crippen LogP contribution in [-0.4, -0.2) is 37.4 Å². The zero-order valence-corrected chi connectivity index (χ0v) is 18.0. The van der Waals surface area contributed by atoms with Gasteiger partial charge in [0, 0.05) is 28.4 Å². The van der Waals surface area contributed by atoms with Gasteiger partial charge in [0.15, 0.2) is 0 Å². The number of amidine groups is 1. The van der Waals surface area contributed by atoms with Crippen LogP contribution in [0.15, 0.2) is 50.7 Å². The lowest BCUT2D eigenvalue weighted by Gasteiger charge is -2.17. The first-order valence-electron chi connectivity index (χ1n) is 9.54. The van der Waals surface area contributed by atoms with E-state index < -0.39 is 28.0 Å². The summed E-state index contributed by atoms with van der Waals surface area (Å²) < 4.78 is 33.5. The van der Waals surface area contributed by atoms with Gasteiger partial charge in [-0.25, -0.2) is 8.42 Å². The Morgan fingerprint density at radius 1 is 1.07 bits per heavy atom. The predicted octanol–water partition coefficient (Wildman–Crippen LogP) is 3.09. The third-order valence-electron chi connectivity index (χ3n) is 4.66. The first kappa shape index (κ1) is 21.8. The quantitative estimate of drug-likeness (QED) is 0.389. The second-order valence-electron chi connectivity index (χ2n) is 7.76. The number of nitrogens with one attached hydrogen (secondary N) is 1. The summed E-state index contributed by atoms with van der Waals surface area (Å²) in [5, 5.41) is 10.8. The number of carboxylic acids is 1. The minimum atomic E-state index is -4.04. The van der Waals surface area contributed by atoms with Crippen molar-refractivity contribution < 1.29 is 22.7 Å². The van der Waals surface area contributed by atoms with Crippen molar-refractivity contribution in [2.45, 2.75) is 44.7 Å². The molecule has 3 aromatic rings. The Kier molecular flexibility index (Phi) is 5.87. The number of carboxylic acid groups (broad SMARTS) is 1. The lowest BCUT2D eigenvalue weighted by atomic mass is 10.1. The number of aliphatic carboxylic acids is 1. The van der Waals surface area contributed by atoms with Crippen LogP contribution in [-0.2, 0) is 14.8 Å². The fourth-order valence-corrected chi connectivity index (χ4v) is 4.50. The summed E-state index contributed by atoms with van der Waals surface area (Å²) in [6.45, 7) is 7.14. The molecule has 1 heterocycles. The van der Waals surface area contributed by atoms with E-state index in [0.29, 0.717) is 17.0 Å². The van der Waals surface area contributed by atoms with Crippen LogP contribution < -0.4 is 10.5 Å². The molecular formula is C21H25N3O5S. The average molecular weight is 432 g/mol. The van der Waals surface area contributed by atoms with Crippen LogP contribution in [0.5, 0.6) is 0 Å². The molecule has 0 aliphatic carbocycles. The summed E-state index contributed by atoms with van der Waals surface area (Å²) in [5.74, 6) is -1.23. The van der Waals surface area contributed by atoms with Crippen LogP contribution in [0.1, 0.15) is 33.3 Å². The SMILES string of the molecule is CC(C)N=C(N)c1ccc2oc3cc(S(=O)(=O)N[C@H](C(=O)O)C(C)C)ccc3c2c1. The number of rotatable bonds is 7. The second kappa shape index (κ2) is 8.08. The molecule has 0 amide bonds. The highest BCUT2D eigenvalue weighted by Gasteiger charge is 2.28. The molecule has 0 saturated carbocycles. The highest BCUT2D eigenvalue weighted by Crippen LogP contribution is 2.31. The number of furan rings is 1.